The molecule has 2 aromatic carbocycles. The summed E-state index contributed by atoms with van der Waals surface area (Å²) in [4.78, 5) is 11.9. The molecule has 108 valence electrons. The fourth-order valence-electron chi connectivity index (χ4n) is 1.87. The van der Waals surface area contributed by atoms with Crippen molar-refractivity contribution in [1.82, 2.24) is 0 Å². The highest BCUT2D eigenvalue weighted by Crippen LogP contribution is 2.20. The Kier molecular flexibility index (Phi) is 4.28. The second-order valence-corrected chi connectivity index (χ2v) is 4.90. The second-order valence-electron chi connectivity index (χ2n) is 4.46. The number of nitrogens with one attached hydrogen (secondary N) is 1. The molecule has 0 aromatic heterocycles. The monoisotopic (exact) mass is 306 g/mol. The molecule has 0 atom stereocenters. The molecule has 3 nitrogen and oxygen atoms in total. The van der Waals surface area contributed by atoms with Crippen LogP contribution in [0.15, 0.2) is 36.4 Å². The molecular formula is C15H12F2N2OS. The maximum Gasteiger partial charge on any atom is 0.258 e. The number of hydrogen-bond acceptors (Lipinski definition) is 2. The van der Waals surface area contributed by atoms with Crippen LogP contribution in [-0.2, 0) is 0 Å². The lowest BCUT2D eigenvalue weighted by atomic mass is 10.1. The standard InChI is InChI=1S/C15H12F2N2OS/c1-8-5-6-9(11(17)7-8)15(20)19-12-4-2-3-10(16)13(12)14(18)21/h2-7H,1H3,(H2,18,21)(H,19,20). The number of carbonyl (C=O) groups is 1. The zero-order valence-corrected chi connectivity index (χ0v) is 11.9. The largest absolute Gasteiger partial charge is 0.389 e. The number of nitrogens with two attached hydrogens (primary N) is 1. The summed E-state index contributed by atoms with van der Waals surface area (Å²) in [6, 6.07) is 8.24. The number of anilines is 1. The Morgan fingerprint density at radius 3 is 2.52 bits per heavy atom. The van der Waals surface area contributed by atoms with Gasteiger partial charge in [-0.2, -0.15) is 0 Å². The van der Waals surface area contributed by atoms with Gasteiger partial charge >= 0.3 is 0 Å². The first kappa shape index (κ1) is 15.1. The van der Waals surface area contributed by atoms with E-state index in [1.165, 1.54) is 30.3 Å². The molecule has 0 saturated heterocycles. The second kappa shape index (κ2) is 5.97. The normalized spacial score (nSPS) is 10.2. The van der Waals surface area contributed by atoms with Crippen LogP contribution in [0, 0.1) is 18.6 Å². The number of carbonyl (C=O) groups excluding carboxylic acids is 1. The minimum Gasteiger partial charge on any atom is -0.389 e. The number of thiocarbonyl (C=S) groups is 1. The molecule has 2 rings (SSSR count). The summed E-state index contributed by atoms with van der Waals surface area (Å²) < 4.78 is 27.4. The molecule has 21 heavy (non-hydrogen) atoms. The maximum atomic E-state index is 13.8. The molecule has 3 N–H and O–H groups in total. The number of halogens is 2. The van der Waals surface area contributed by atoms with Crippen molar-refractivity contribution in [2.75, 3.05) is 5.32 Å². The highest BCUT2D eigenvalue weighted by atomic mass is 32.1. The third kappa shape index (κ3) is 3.22. The summed E-state index contributed by atoms with van der Waals surface area (Å²) in [5, 5.41) is 2.42. The van der Waals surface area contributed by atoms with Crippen molar-refractivity contribution in [3.05, 3.63) is 64.7 Å². The number of amides is 1. The Bertz CT molecular complexity index is 732. The van der Waals surface area contributed by atoms with E-state index < -0.39 is 17.5 Å². The average molecular weight is 306 g/mol. The third-order valence-electron chi connectivity index (χ3n) is 2.88. The lowest BCUT2D eigenvalue weighted by Gasteiger charge is -2.11. The Labute approximate surface area is 125 Å². The molecule has 2 aromatic rings. The molecule has 0 radical (unpaired) electrons. The maximum absolute atomic E-state index is 13.8. The van der Waals surface area contributed by atoms with Crippen molar-refractivity contribution >= 4 is 28.8 Å². The van der Waals surface area contributed by atoms with Gasteiger partial charge in [-0.05, 0) is 36.8 Å². The highest BCUT2D eigenvalue weighted by Gasteiger charge is 2.16. The molecule has 0 aliphatic rings. The Morgan fingerprint density at radius 1 is 1.19 bits per heavy atom. The topological polar surface area (TPSA) is 55.1 Å². The SMILES string of the molecule is Cc1ccc(C(=O)Nc2cccc(F)c2C(N)=S)c(F)c1. The summed E-state index contributed by atoms with van der Waals surface area (Å²) in [5.41, 5.74) is 6.03. The van der Waals surface area contributed by atoms with E-state index in [2.05, 4.69) is 5.32 Å². The summed E-state index contributed by atoms with van der Waals surface area (Å²) in [6.07, 6.45) is 0. The number of rotatable bonds is 3. The molecule has 0 spiro atoms. The van der Waals surface area contributed by atoms with Gasteiger partial charge in [0.1, 0.15) is 16.6 Å². The summed E-state index contributed by atoms with van der Waals surface area (Å²) in [6.45, 7) is 1.71. The lowest BCUT2D eigenvalue weighted by Crippen LogP contribution is -2.19. The van der Waals surface area contributed by atoms with Crippen molar-refractivity contribution in [2.24, 2.45) is 5.73 Å². The Hall–Kier alpha value is -2.34. The van der Waals surface area contributed by atoms with Crippen molar-refractivity contribution < 1.29 is 13.6 Å². The fraction of sp³-hybridized carbons (Fsp3) is 0.0667. The van der Waals surface area contributed by atoms with Gasteiger partial charge in [0.2, 0.25) is 0 Å². The van der Waals surface area contributed by atoms with Crippen LogP contribution in [0.5, 0.6) is 0 Å². The summed E-state index contributed by atoms with van der Waals surface area (Å²) in [7, 11) is 0. The van der Waals surface area contributed by atoms with E-state index in [0.29, 0.717) is 5.56 Å². The molecule has 0 aliphatic carbocycles. The molecule has 0 aliphatic heterocycles. The number of benzene rings is 2. The fourth-order valence-corrected chi connectivity index (χ4v) is 2.08. The van der Waals surface area contributed by atoms with Crippen LogP contribution >= 0.6 is 12.2 Å². The van der Waals surface area contributed by atoms with Crippen molar-refractivity contribution in [3.8, 4) is 0 Å². The Balaban J connectivity index is 2.36. The summed E-state index contributed by atoms with van der Waals surface area (Å²) >= 11 is 4.76. The van der Waals surface area contributed by atoms with E-state index in [-0.39, 0.29) is 21.8 Å². The van der Waals surface area contributed by atoms with Gasteiger partial charge in [0.25, 0.3) is 5.91 Å². The molecule has 6 heteroatoms. The van der Waals surface area contributed by atoms with E-state index >= 15 is 0 Å². The first-order valence-electron chi connectivity index (χ1n) is 6.06. The van der Waals surface area contributed by atoms with E-state index in [1.54, 1.807) is 13.0 Å². The minimum absolute atomic E-state index is 0.0756. The average Bonchev–Trinajstić information content (AvgIpc) is 2.37. The summed E-state index contributed by atoms with van der Waals surface area (Å²) in [5.74, 6) is -2.00. The van der Waals surface area contributed by atoms with Gasteiger partial charge < -0.3 is 11.1 Å². The van der Waals surface area contributed by atoms with Crippen LogP contribution in [0.2, 0.25) is 0 Å². The third-order valence-corrected chi connectivity index (χ3v) is 3.08. The van der Waals surface area contributed by atoms with Crippen molar-refractivity contribution in [2.45, 2.75) is 6.92 Å². The quantitative estimate of drug-likeness (QED) is 0.857. The molecular weight excluding hydrogens is 294 g/mol. The van der Waals surface area contributed by atoms with Crippen LogP contribution in [0.3, 0.4) is 0 Å². The van der Waals surface area contributed by atoms with Crippen LogP contribution < -0.4 is 11.1 Å². The van der Waals surface area contributed by atoms with Gasteiger partial charge in [0, 0.05) is 0 Å². The molecule has 1 amide bonds. The predicted molar refractivity (Wildman–Crippen MR) is 81.4 cm³/mol. The molecule has 0 fully saturated rings. The van der Waals surface area contributed by atoms with Gasteiger partial charge in [0.15, 0.2) is 0 Å². The van der Waals surface area contributed by atoms with Crippen LogP contribution in [-0.4, -0.2) is 10.9 Å². The van der Waals surface area contributed by atoms with Crippen LogP contribution in [0.25, 0.3) is 0 Å². The zero-order valence-electron chi connectivity index (χ0n) is 11.1. The van der Waals surface area contributed by atoms with E-state index in [0.717, 1.165) is 0 Å². The minimum atomic E-state index is -0.699. The lowest BCUT2D eigenvalue weighted by molar-refractivity contribution is 0.102. The van der Waals surface area contributed by atoms with E-state index in [4.69, 9.17) is 18.0 Å². The van der Waals surface area contributed by atoms with Crippen molar-refractivity contribution in [3.63, 3.8) is 0 Å². The molecule has 0 unspecified atom stereocenters. The first-order chi connectivity index (χ1) is 9.90. The van der Waals surface area contributed by atoms with Crippen LogP contribution in [0.1, 0.15) is 21.5 Å². The molecule has 0 saturated carbocycles. The number of hydrogen-bond donors (Lipinski definition) is 2. The Morgan fingerprint density at radius 2 is 1.90 bits per heavy atom. The van der Waals surface area contributed by atoms with E-state index in [1.807, 2.05) is 0 Å². The van der Waals surface area contributed by atoms with Gasteiger partial charge in [-0.1, -0.05) is 24.4 Å². The zero-order chi connectivity index (χ0) is 15.6. The van der Waals surface area contributed by atoms with Gasteiger partial charge in [-0.25, -0.2) is 8.78 Å². The first-order valence-corrected chi connectivity index (χ1v) is 6.47. The van der Waals surface area contributed by atoms with E-state index in [9.17, 15) is 13.6 Å². The van der Waals surface area contributed by atoms with Gasteiger partial charge in [-0.3, -0.25) is 4.79 Å². The van der Waals surface area contributed by atoms with Gasteiger partial charge in [-0.15, -0.1) is 0 Å². The van der Waals surface area contributed by atoms with Crippen LogP contribution in [0.4, 0.5) is 14.5 Å². The molecule has 0 bridgehead atoms. The number of aryl methyl sites for hydroxylation is 1. The molecule has 0 heterocycles. The smallest absolute Gasteiger partial charge is 0.258 e. The predicted octanol–water partition coefficient (Wildman–Crippen LogP) is 3.16. The van der Waals surface area contributed by atoms with Crippen molar-refractivity contribution in [1.29, 1.82) is 0 Å². The highest BCUT2D eigenvalue weighted by molar-refractivity contribution is 7.80. The van der Waals surface area contributed by atoms with Gasteiger partial charge in [0.05, 0.1) is 16.8 Å².